The van der Waals surface area contributed by atoms with Crippen molar-refractivity contribution >= 4 is 34.8 Å². The second-order valence-corrected chi connectivity index (χ2v) is 7.73. The summed E-state index contributed by atoms with van der Waals surface area (Å²) in [4.78, 5) is 36.6. The molecule has 188 valence electrons. The lowest BCUT2D eigenvalue weighted by Gasteiger charge is -2.11. The standard InChI is InChI=1S/C26H24F3N3O4/c1-2-13-36-25(35)17-9-11-20(12-10-17)31-23(33)16-30-21-7-3-5-18(14-21)24(34)32-22-8-4-6-19(15-22)26(27,28)29/h3-12,14-15,30H,2,13,16H2,1H3,(H,31,33)(H,32,34). The second-order valence-electron chi connectivity index (χ2n) is 7.73. The molecule has 0 bridgehead atoms. The molecule has 3 N–H and O–H groups in total. The van der Waals surface area contributed by atoms with Gasteiger partial charge in [-0.05, 0) is 67.1 Å². The SMILES string of the molecule is CCCOC(=O)c1ccc(NC(=O)CNc2cccc(C(=O)Nc3cccc(C(F)(F)F)c3)c2)cc1. The quantitative estimate of drug-likeness (QED) is 0.334. The van der Waals surface area contributed by atoms with Crippen LogP contribution >= 0.6 is 0 Å². The number of carbonyl (C=O) groups excluding carboxylic acids is 3. The Balaban J connectivity index is 1.54. The second kappa shape index (κ2) is 11.9. The normalized spacial score (nSPS) is 10.9. The van der Waals surface area contributed by atoms with Crippen LogP contribution in [-0.4, -0.2) is 30.9 Å². The van der Waals surface area contributed by atoms with E-state index in [0.29, 0.717) is 23.5 Å². The summed E-state index contributed by atoms with van der Waals surface area (Å²) in [6.07, 6.45) is -3.80. The van der Waals surface area contributed by atoms with Gasteiger partial charge >= 0.3 is 12.1 Å². The molecule has 10 heteroatoms. The van der Waals surface area contributed by atoms with E-state index in [1.165, 1.54) is 24.3 Å². The van der Waals surface area contributed by atoms with Gasteiger partial charge in [-0.15, -0.1) is 0 Å². The van der Waals surface area contributed by atoms with Gasteiger partial charge in [-0.25, -0.2) is 4.79 Å². The summed E-state index contributed by atoms with van der Waals surface area (Å²) in [7, 11) is 0. The topological polar surface area (TPSA) is 96.5 Å². The Morgan fingerprint density at radius 2 is 1.50 bits per heavy atom. The van der Waals surface area contributed by atoms with Crippen LogP contribution in [0, 0.1) is 0 Å². The van der Waals surface area contributed by atoms with Crippen molar-refractivity contribution in [1.29, 1.82) is 0 Å². The molecule has 0 saturated heterocycles. The number of halogens is 3. The maximum atomic E-state index is 12.9. The number of nitrogens with one attached hydrogen (secondary N) is 3. The lowest BCUT2D eigenvalue weighted by Crippen LogP contribution is -2.22. The molecule has 0 heterocycles. The molecule has 0 spiro atoms. The first kappa shape index (κ1) is 26.3. The summed E-state index contributed by atoms with van der Waals surface area (Å²) < 4.78 is 43.7. The van der Waals surface area contributed by atoms with Crippen LogP contribution in [0.2, 0.25) is 0 Å². The van der Waals surface area contributed by atoms with E-state index in [4.69, 9.17) is 4.74 Å². The van der Waals surface area contributed by atoms with Crippen LogP contribution in [0.25, 0.3) is 0 Å². The molecule has 0 aliphatic rings. The van der Waals surface area contributed by atoms with Crippen molar-refractivity contribution in [2.45, 2.75) is 19.5 Å². The Hall–Kier alpha value is -4.34. The number of esters is 1. The van der Waals surface area contributed by atoms with Crippen molar-refractivity contribution in [1.82, 2.24) is 0 Å². The van der Waals surface area contributed by atoms with Gasteiger partial charge in [-0.2, -0.15) is 13.2 Å². The number of carbonyl (C=O) groups is 3. The van der Waals surface area contributed by atoms with Gasteiger partial charge in [0.15, 0.2) is 0 Å². The summed E-state index contributed by atoms with van der Waals surface area (Å²) in [5, 5.41) is 8.02. The highest BCUT2D eigenvalue weighted by molar-refractivity contribution is 6.05. The smallest absolute Gasteiger partial charge is 0.416 e. The highest BCUT2D eigenvalue weighted by atomic mass is 19.4. The Morgan fingerprint density at radius 1 is 0.806 bits per heavy atom. The molecular weight excluding hydrogens is 475 g/mol. The third-order valence-electron chi connectivity index (χ3n) is 4.87. The van der Waals surface area contributed by atoms with Gasteiger partial charge in [0, 0.05) is 22.6 Å². The zero-order valence-corrected chi connectivity index (χ0v) is 19.3. The maximum absolute atomic E-state index is 12.9. The van der Waals surface area contributed by atoms with Gasteiger partial charge in [0.1, 0.15) is 0 Å². The average molecular weight is 499 g/mol. The fraction of sp³-hybridized carbons (Fsp3) is 0.192. The van der Waals surface area contributed by atoms with Gasteiger partial charge in [0.05, 0.1) is 24.3 Å². The molecule has 0 unspecified atom stereocenters. The Labute approximate surface area is 205 Å². The summed E-state index contributed by atoms with van der Waals surface area (Å²) in [5.74, 6) is -1.40. The molecule has 3 aromatic carbocycles. The summed E-state index contributed by atoms with van der Waals surface area (Å²) in [6, 6.07) is 16.8. The van der Waals surface area contributed by atoms with Crippen LogP contribution in [0.5, 0.6) is 0 Å². The van der Waals surface area contributed by atoms with E-state index in [1.54, 1.807) is 36.4 Å². The summed E-state index contributed by atoms with van der Waals surface area (Å²) in [6.45, 7) is 2.11. The lowest BCUT2D eigenvalue weighted by molar-refractivity contribution is -0.137. The number of anilines is 3. The highest BCUT2D eigenvalue weighted by Gasteiger charge is 2.30. The number of hydrogen-bond acceptors (Lipinski definition) is 5. The molecular formula is C26H24F3N3O4. The predicted octanol–water partition coefficient (Wildman–Crippen LogP) is 5.58. The largest absolute Gasteiger partial charge is 0.462 e. The van der Waals surface area contributed by atoms with Crippen LogP contribution in [0.4, 0.5) is 30.2 Å². The third-order valence-corrected chi connectivity index (χ3v) is 4.87. The molecule has 0 aromatic heterocycles. The number of amides is 2. The first-order valence-electron chi connectivity index (χ1n) is 11.1. The van der Waals surface area contributed by atoms with E-state index < -0.39 is 23.6 Å². The Kier molecular flexibility index (Phi) is 8.66. The maximum Gasteiger partial charge on any atom is 0.416 e. The molecule has 3 rings (SSSR count). The fourth-order valence-corrected chi connectivity index (χ4v) is 3.10. The zero-order chi connectivity index (χ0) is 26.1. The zero-order valence-electron chi connectivity index (χ0n) is 19.3. The lowest BCUT2D eigenvalue weighted by atomic mass is 10.1. The first-order chi connectivity index (χ1) is 17.2. The summed E-state index contributed by atoms with van der Waals surface area (Å²) in [5.41, 5.74) is 0.673. The van der Waals surface area contributed by atoms with E-state index in [-0.39, 0.29) is 23.7 Å². The van der Waals surface area contributed by atoms with Crippen LogP contribution in [-0.2, 0) is 15.7 Å². The van der Waals surface area contributed by atoms with Crippen molar-refractivity contribution in [3.05, 3.63) is 89.5 Å². The molecule has 0 aliphatic carbocycles. The minimum Gasteiger partial charge on any atom is -0.462 e. The molecule has 2 amide bonds. The predicted molar refractivity (Wildman–Crippen MR) is 130 cm³/mol. The van der Waals surface area contributed by atoms with Crippen molar-refractivity contribution in [2.75, 3.05) is 29.1 Å². The van der Waals surface area contributed by atoms with E-state index in [2.05, 4.69) is 16.0 Å². The molecule has 3 aromatic rings. The van der Waals surface area contributed by atoms with Crippen LogP contribution < -0.4 is 16.0 Å². The monoisotopic (exact) mass is 499 g/mol. The van der Waals surface area contributed by atoms with Crippen molar-refractivity contribution in [2.24, 2.45) is 0 Å². The number of alkyl halides is 3. The van der Waals surface area contributed by atoms with Crippen LogP contribution in [0.1, 0.15) is 39.6 Å². The van der Waals surface area contributed by atoms with Gasteiger partial charge < -0.3 is 20.7 Å². The van der Waals surface area contributed by atoms with Crippen LogP contribution in [0.3, 0.4) is 0 Å². The third kappa shape index (κ3) is 7.59. The number of benzene rings is 3. The van der Waals surface area contributed by atoms with Crippen molar-refractivity contribution in [3.63, 3.8) is 0 Å². The molecule has 0 radical (unpaired) electrons. The molecule has 36 heavy (non-hydrogen) atoms. The number of ether oxygens (including phenoxy) is 1. The number of rotatable bonds is 9. The molecule has 0 atom stereocenters. The van der Waals surface area contributed by atoms with Crippen molar-refractivity contribution in [3.8, 4) is 0 Å². The number of hydrogen-bond donors (Lipinski definition) is 3. The Bertz CT molecular complexity index is 1230. The molecule has 0 fully saturated rings. The van der Waals surface area contributed by atoms with Crippen molar-refractivity contribution < 1.29 is 32.3 Å². The van der Waals surface area contributed by atoms with E-state index in [0.717, 1.165) is 18.6 Å². The van der Waals surface area contributed by atoms with E-state index in [9.17, 15) is 27.6 Å². The summed E-state index contributed by atoms with van der Waals surface area (Å²) >= 11 is 0. The molecule has 0 aliphatic heterocycles. The minimum absolute atomic E-state index is 0.0113. The van der Waals surface area contributed by atoms with Gasteiger partial charge in [0.2, 0.25) is 5.91 Å². The highest BCUT2D eigenvalue weighted by Crippen LogP contribution is 2.30. The van der Waals surface area contributed by atoms with Crippen LogP contribution in [0.15, 0.2) is 72.8 Å². The van der Waals surface area contributed by atoms with E-state index >= 15 is 0 Å². The van der Waals surface area contributed by atoms with Gasteiger partial charge in [0.25, 0.3) is 5.91 Å². The van der Waals surface area contributed by atoms with Gasteiger partial charge in [-0.3, -0.25) is 9.59 Å². The van der Waals surface area contributed by atoms with Gasteiger partial charge in [-0.1, -0.05) is 19.1 Å². The molecule has 7 nitrogen and oxygen atoms in total. The minimum atomic E-state index is -4.52. The van der Waals surface area contributed by atoms with E-state index in [1.807, 2.05) is 6.92 Å². The first-order valence-corrected chi connectivity index (χ1v) is 11.1. The molecule has 0 saturated carbocycles. The average Bonchev–Trinajstić information content (AvgIpc) is 2.86. The fourth-order valence-electron chi connectivity index (χ4n) is 3.10. The Morgan fingerprint density at radius 3 is 2.19 bits per heavy atom.